The maximum absolute atomic E-state index is 4.79. The number of nitrogens with zero attached hydrogens (tertiary/aromatic N) is 2. The van der Waals surface area contributed by atoms with Crippen molar-refractivity contribution in [3.05, 3.63) is 36.0 Å². The van der Waals surface area contributed by atoms with Crippen molar-refractivity contribution in [3.8, 4) is 0 Å². The van der Waals surface area contributed by atoms with E-state index in [1.807, 2.05) is 0 Å². The predicted molar refractivity (Wildman–Crippen MR) is 89.7 cm³/mol. The molecular formula is C18H25N3. The van der Waals surface area contributed by atoms with E-state index in [1.54, 1.807) is 0 Å². The SMILES string of the molecule is CCNCc1cc(N2CCC(CC)C2)c2ccccc2n1. The molecule has 0 amide bonds. The van der Waals surface area contributed by atoms with Crippen LogP contribution in [0.1, 0.15) is 32.4 Å². The minimum Gasteiger partial charge on any atom is -0.371 e. The average Bonchev–Trinajstić information content (AvgIpc) is 3.01. The molecule has 1 aliphatic rings. The molecule has 0 aliphatic carbocycles. The summed E-state index contributed by atoms with van der Waals surface area (Å²) in [6.07, 6.45) is 2.60. The van der Waals surface area contributed by atoms with Gasteiger partial charge in [-0.15, -0.1) is 0 Å². The van der Waals surface area contributed by atoms with E-state index in [0.29, 0.717) is 0 Å². The number of anilines is 1. The highest BCUT2D eigenvalue weighted by atomic mass is 15.2. The van der Waals surface area contributed by atoms with Crippen molar-refractivity contribution in [2.75, 3.05) is 24.5 Å². The van der Waals surface area contributed by atoms with Crippen molar-refractivity contribution in [1.82, 2.24) is 10.3 Å². The van der Waals surface area contributed by atoms with E-state index in [2.05, 4.69) is 54.4 Å². The summed E-state index contributed by atoms with van der Waals surface area (Å²) in [6.45, 7) is 8.62. The quantitative estimate of drug-likeness (QED) is 0.909. The fourth-order valence-electron chi connectivity index (χ4n) is 3.20. The first kappa shape index (κ1) is 14.3. The second kappa shape index (κ2) is 6.44. The zero-order chi connectivity index (χ0) is 14.7. The van der Waals surface area contributed by atoms with Crippen molar-refractivity contribution in [3.63, 3.8) is 0 Å². The number of rotatable bonds is 5. The van der Waals surface area contributed by atoms with Crippen molar-refractivity contribution >= 4 is 16.6 Å². The van der Waals surface area contributed by atoms with E-state index in [0.717, 1.165) is 30.2 Å². The first-order valence-corrected chi connectivity index (χ1v) is 8.16. The molecule has 3 rings (SSSR count). The van der Waals surface area contributed by atoms with Gasteiger partial charge in [-0.25, -0.2) is 0 Å². The summed E-state index contributed by atoms with van der Waals surface area (Å²) in [5, 5.41) is 4.67. The van der Waals surface area contributed by atoms with Gasteiger partial charge in [0.25, 0.3) is 0 Å². The third-order valence-corrected chi connectivity index (χ3v) is 4.51. The molecule has 2 aromatic rings. The van der Waals surface area contributed by atoms with Crippen LogP contribution in [-0.2, 0) is 6.54 Å². The van der Waals surface area contributed by atoms with Crippen molar-refractivity contribution in [2.45, 2.75) is 33.2 Å². The Morgan fingerprint density at radius 2 is 2.14 bits per heavy atom. The van der Waals surface area contributed by atoms with Crippen LogP contribution in [0.5, 0.6) is 0 Å². The molecule has 1 unspecified atom stereocenters. The van der Waals surface area contributed by atoms with Crippen LogP contribution in [0.3, 0.4) is 0 Å². The van der Waals surface area contributed by atoms with Gasteiger partial charge >= 0.3 is 0 Å². The van der Waals surface area contributed by atoms with Crippen LogP contribution in [0.2, 0.25) is 0 Å². The molecule has 1 aromatic heterocycles. The molecule has 1 fully saturated rings. The molecule has 1 N–H and O–H groups in total. The van der Waals surface area contributed by atoms with Gasteiger partial charge in [0.2, 0.25) is 0 Å². The molecule has 0 saturated carbocycles. The molecular weight excluding hydrogens is 258 g/mol. The van der Waals surface area contributed by atoms with Gasteiger partial charge < -0.3 is 10.2 Å². The largest absolute Gasteiger partial charge is 0.371 e. The molecule has 1 atom stereocenters. The minimum atomic E-state index is 0.842. The van der Waals surface area contributed by atoms with Crippen LogP contribution in [0.4, 0.5) is 5.69 Å². The Hall–Kier alpha value is -1.61. The molecule has 2 heterocycles. The van der Waals surface area contributed by atoms with Crippen LogP contribution < -0.4 is 10.2 Å². The number of benzene rings is 1. The lowest BCUT2D eigenvalue weighted by atomic mass is 10.1. The Balaban J connectivity index is 1.98. The number of aromatic nitrogens is 1. The van der Waals surface area contributed by atoms with Crippen molar-refractivity contribution in [2.24, 2.45) is 5.92 Å². The van der Waals surface area contributed by atoms with E-state index in [4.69, 9.17) is 4.98 Å². The molecule has 0 spiro atoms. The monoisotopic (exact) mass is 283 g/mol. The topological polar surface area (TPSA) is 28.2 Å². The zero-order valence-corrected chi connectivity index (χ0v) is 13.1. The number of para-hydroxylation sites is 1. The predicted octanol–water partition coefficient (Wildman–Crippen LogP) is 3.58. The maximum atomic E-state index is 4.79. The number of hydrogen-bond donors (Lipinski definition) is 1. The lowest BCUT2D eigenvalue weighted by molar-refractivity contribution is 0.569. The summed E-state index contributed by atoms with van der Waals surface area (Å²) in [5.74, 6) is 0.842. The summed E-state index contributed by atoms with van der Waals surface area (Å²) in [6, 6.07) is 10.8. The maximum Gasteiger partial charge on any atom is 0.0726 e. The van der Waals surface area contributed by atoms with Gasteiger partial charge in [0.05, 0.1) is 11.2 Å². The van der Waals surface area contributed by atoms with Crippen LogP contribution >= 0.6 is 0 Å². The number of fused-ring (bicyclic) bond motifs is 1. The lowest BCUT2D eigenvalue weighted by Gasteiger charge is -2.21. The third kappa shape index (κ3) is 3.03. The van der Waals surface area contributed by atoms with E-state index < -0.39 is 0 Å². The van der Waals surface area contributed by atoms with E-state index in [-0.39, 0.29) is 0 Å². The van der Waals surface area contributed by atoms with E-state index in [9.17, 15) is 0 Å². The zero-order valence-electron chi connectivity index (χ0n) is 13.1. The molecule has 0 radical (unpaired) electrons. The average molecular weight is 283 g/mol. The summed E-state index contributed by atoms with van der Waals surface area (Å²) >= 11 is 0. The van der Waals surface area contributed by atoms with Gasteiger partial charge in [-0.3, -0.25) is 4.98 Å². The highest BCUT2D eigenvalue weighted by molar-refractivity contribution is 5.92. The standard InChI is InChI=1S/C18H25N3/c1-3-14-9-10-21(13-14)18-11-15(12-19-4-2)20-17-8-6-5-7-16(17)18/h5-8,11,14,19H,3-4,9-10,12-13H2,1-2H3. The fourth-order valence-corrected chi connectivity index (χ4v) is 3.20. The van der Waals surface area contributed by atoms with Crippen LogP contribution in [0, 0.1) is 5.92 Å². The van der Waals surface area contributed by atoms with E-state index >= 15 is 0 Å². The molecule has 1 saturated heterocycles. The third-order valence-electron chi connectivity index (χ3n) is 4.51. The summed E-state index contributed by atoms with van der Waals surface area (Å²) < 4.78 is 0. The molecule has 1 aliphatic heterocycles. The smallest absolute Gasteiger partial charge is 0.0726 e. The van der Waals surface area contributed by atoms with Gasteiger partial charge in [-0.05, 0) is 31.0 Å². The fraction of sp³-hybridized carbons (Fsp3) is 0.500. The minimum absolute atomic E-state index is 0.842. The molecule has 1 aromatic carbocycles. The summed E-state index contributed by atoms with van der Waals surface area (Å²) in [7, 11) is 0. The highest BCUT2D eigenvalue weighted by Gasteiger charge is 2.23. The van der Waals surface area contributed by atoms with Gasteiger partial charge in [-0.2, -0.15) is 0 Å². The molecule has 0 bridgehead atoms. The second-order valence-corrected chi connectivity index (χ2v) is 5.94. The number of hydrogen-bond acceptors (Lipinski definition) is 3. The van der Waals surface area contributed by atoms with E-state index in [1.165, 1.54) is 37.0 Å². The molecule has 3 heteroatoms. The van der Waals surface area contributed by atoms with Gasteiger partial charge in [-0.1, -0.05) is 38.5 Å². The van der Waals surface area contributed by atoms with Crippen molar-refractivity contribution in [1.29, 1.82) is 0 Å². The van der Waals surface area contributed by atoms with Gasteiger partial charge in [0.15, 0.2) is 0 Å². The summed E-state index contributed by atoms with van der Waals surface area (Å²) in [5.41, 5.74) is 3.62. The Morgan fingerprint density at radius 1 is 1.29 bits per heavy atom. The first-order chi connectivity index (χ1) is 10.3. The van der Waals surface area contributed by atoms with Gasteiger partial charge in [0, 0.05) is 30.7 Å². The Labute approximate surface area is 127 Å². The Bertz CT molecular complexity index is 608. The van der Waals surface area contributed by atoms with Crippen LogP contribution in [0.15, 0.2) is 30.3 Å². The normalized spacial score (nSPS) is 18.6. The molecule has 21 heavy (non-hydrogen) atoms. The van der Waals surface area contributed by atoms with Crippen molar-refractivity contribution < 1.29 is 0 Å². The Kier molecular flexibility index (Phi) is 4.39. The summed E-state index contributed by atoms with van der Waals surface area (Å²) in [4.78, 5) is 7.34. The van der Waals surface area contributed by atoms with Gasteiger partial charge in [0.1, 0.15) is 0 Å². The number of pyridine rings is 1. The second-order valence-electron chi connectivity index (χ2n) is 5.94. The Morgan fingerprint density at radius 3 is 2.90 bits per heavy atom. The van der Waals surface area contributed by atoms with Crippen LogP contribution in [0.25, 0.3) is 10.9 Å². The first-order valence-electron chi connectivity index (χ1n) is 8.16. The highest BCUT2D eigenvalue weighted by Crippen LogP contribution is 2.31. The van der Waals surface area contributed by atoms with Crippen LogP contribution in [-0.4, -0.2) is 24.6 Å². The lowest BCUT2D eigenvalue weighted by Crippen LogP contribution is -2.21. The number of nitrogens with one attached hydrogen (secondary N) is 1. The molecule has 112 valence electrons. The molecule has 3 nitrogen and oxygen atoms in total.